The standard InChI is InChI=1S/C11H12F3N3O/c12-11(13,14)10(3-4-10)17-8-5-6(9(16)18)1-2-7(8)15/h1-2,5,17H,3-4,15H2,(H2,16,18). The quantitative estimate of drug-likeness (QED) is 0.725. The van der Waals surface area contributed by atoms with Gasteiger partial charge in [0.05, 0.1) is 11.4 Å². The summed E-state index contributed by atoms with van der Waals surface area (Å²) in [6.45, 7) is 0. The van der Waals surface area contributed by atoms with Crippen LogP contribution in [-0.2, 0) is 0 Å². The van der Waals surface area contributed by atoms with Crippen LogP contribution >= 0.6 is 0 Å². The highest BCUT2D eigenvalue weighted by Crippen LogP contribution is 2.51. The van der Waals surface area contributed by atoms with Crippen LogP contribution in [0.1, 0.15) is 23.2 Å². The molecule has 0 spiro atoms. The van der Waals surface area contributed by atoms with Crippen LogP contribution in [0.5, 0.6) is 0 Å². The van der Waals surface area contributed by atoms with Crippen molar-refractivity contribution in [2.75, 3.05) is 11.1 Å². The molecule has 0 radical (unpaired) electrons. The lowest BCUT2D eigenvalue weighted by Gasteiger charge is -2.23. The van der Waals surface area contributed by atoms with Crippen molar-refractivity contribution in [3.8, 4) is 0 Å². The maximum Gasteiger partial charge on any atom is 0.411 e. The largest absolute Gasteiger partial charge is 0.411 e. The van der Waals surface area contributed by atoms with E-state index in [0.717, 1.165) is 0 Å². The Bertz CT molecular complexity index is 495. The summed E-state index contributed by atoms with van der Waals surface area (Å²) in [5.41, 5.74) is 9.08. The van der Waals surface area contributed by atoms with Crippen molar-refractivity contribution in [2.45, 2.75) is 24.6 Å². The van der Waals surface area contributed by atoms with E-state index >= 15 is 0 Å². The Hall–Kier alpha value is -1.92. The number of carbonyl (C=O) groups excluding carboxylic acids is 1. The molecule has 18 heavy (non-hydrogen) atoms. The molecule has 1 aromatic carbocycles. The fraction of sp³-hybridized carbons (Fsp3) is 0.364. The van der Waals surface area contributed by atoms with E-state index in [1.54, 1.807) is 0 Å². The first-order chi connectivity index (χ1) is 8.25. The van der Waals surface area contributed by atoms with Crippen LogP contribution in [0.15, 0.2) is 18.2 Å². The second kappa shape index (κ2) is 3.79. The molecule has 0 atom stereocenters. The van der Waals surface area contributed by atoms with Crippen LogP contribution in [0.3, 0.4) is 0 Å². The lowest BCUT2D eigenvalue weighted by atomic mass is 10.1. The molecule has 0 saturated heterocycles. The Morgan fingerprint density at radius 2 is 1.94 bits per heavy atom. The highest BCUT2D eigenvalue weighted by molar-refractivity contribution is 5.95. The van der Waals surface area contributed by atoms with Gasteiger partial charge in [0, 0.05) is 5.56 Å². The number of anilines is 2. The first-order valence-corrected chi connectivity index (χ1v) is 5.29. The summed E-state index contributed by atoms with van der Waals surface area (Å²) in [5.74, 6) is -0.713. The number of hydrogen-bond donors (Lipinski definition) is 3. The monoisotopic (exact) mass is 259 g/mol. The lowest BCUT2D eigenvalue weighted by molar-refractivity contribution is -0.151. The number of amides is 1. The van der Waals surface area contributed by atoms with Crippen molar-refractivity contribution in [2.24, 2.45) is 5.73 Å². The van der Waals surface area contributed by atoms with Crippen LogP contribution in [0.25, 0.3) is 0 Å². The topological polar surface area (TPSA) is 81.1 Å². The maximum atomic E-state index is 12.8. The molecule has 1 aromatic rings. The van der Waals surface area contributed by atoms with Gasteiger partial charge in [-0.25, -0.2) is 0 Å². The molecule has 1 fully saturated rings. The summed E-state index contributed by atoms with van der Waals surface area (Å²) in [6.07, 6.45) is -4.35. The van der Waals surface area contributed by atoms with Gasteiger partial charge in [0.15, 0.2) is 0 Å². The number of nitrogens with two attached hydrogens (primary N) is 2. The minimum Gasteiger partial charge on any atom is -0.397 e. The first kappa shape index (κ1) is 12.5. The number of halogens is 3. The molecule has 0 heterocycles. The van der Waals surface area contributed by atoms with Crippen LogP contribution in [0.4, 0.5) is 24.5 Å². The molecule has 5 N–H and O–H groups in total. The number of nitrogen functional groups attached to an aromatic ring is 1. The fourth-order valence-electron chi connectivity index (χ4n) is 1.68. The molecule has 7 heteroatoms. The zero-order chi connectivity index (χ0) is 13.6. The van der Waals surface area contributed by atoms with Gasteiger partial charge >= 0.3 is 6.18 Å². The van der Waals surface area contributed by atoms with Crippen molar-refractivity contribution in [1.82, 2.24) is 0 Å². The number of primary amides is 1. The van der Waals surface area contributed by atoms with E-state index in [4.69, 9.17) is 11.5 Å². The van der Waals surface area contributed by atoms with Crippen LogP contribution in [0, 0.1) is 0 Å². The molecular weight excluding hydrogens is 247 g/mol. The molecule has 2 rings (SSSR count). The minimum absolute atomic E-state index is 0.00324. The van der Waals surface area contributed by atoms with Gasteiger partial charge in [-0.05, 0) is 31.0 Å². The SMILES string of the molecule is NC(=O)c1ccc(N)c(NC2(C(F)(F)F)CC2)c1. The zero-order valence-electron chi connectivity index (χ0n) is 9.34. The summed E-state index contributed by atoms with van der Waals surface area (Å²) in [7, 11) is 0. The number of nitrogens with one attached hydrogen (secondary N) is 1. The fourth-order valence-corrected chi connectivity index (χ4v) is 1.68. The summed E-state index contributed by atoms with van der Waals surface area (Å²) < 4.78 is 38.3. The predicted octanol–water partition coefficient (Wildman–Crippen LogP) is 1.87. The van der Waals surface area contributed by atoms with Crippen molar-refractivity contribution in [3.63, 3.8) is 0 Å². The van der Waals surface area contributed by atoms with E-state index in [2.05, 4.69) is 5.32 Å². The molecule has 1 aliphatic carbocycles. The molecular formula is C11H12F3N3O. The molecule has 0 bridgehead atoms. The third-order valence-electron chi connectivity index (χ3n) is 3.00. The second-order valence-corrected chi connectivity index (χ2v) is 4.37. The second-order valence-electron chi connectivity index (χ2n) is 4.37. The molecule has 1 amide bonds. The first-order valence-electron chi connectivity index (χ1n) is 5.29. The Labute approximate surface area is 101 Å². The Kier molecular flexibility index (Phi) is 2.64. The van der Waals surface area contributed by atoms with Crippen LogP contribution < -0.4 is 16.8 Å². The predicted molar refractivity (Wildman–Crippen MR) is 61.0 cm³/mol. The van der Waals surface area contributed by atoms with Gasteiger partial charge < -0.3 is 16.8 Å². The molecule has 1 saturated carbocycles. The summed E-state index contributed by atoms with van der Waals surface area (Å²) >= 11 is 0. The maximum absolute atomic E-state index is 12.8. The van der Waals surface area contributed by atoms with E-state index < -0.39 is 17.6 Å². The average Bonchev–Trinajstić information content (AvgIpc) is 3.01. The number of benzene rings is 1. The smallest absolute Gasteiger partial charge is 0.397 e. The van der Waals surface area contributed by atoms with Crippen molar-refractivity contribution in [3.05, 3.63) is 23.8 Å². The van der Waals surface area contributed by atoms with Gasteiger partial charge in [0.25, 0.3) is 0 Å². The minimum atomic E-state index is -4.35. The summed E-state index contributed by atoms with van der Waals surface area (Å²) in [6, 6.07) is 3.97. The van der Waals surface area contributed by atoms with E-state index in [-0.39, 0.29) is 29.8 Å². The molecule has 98 valence electrons. The third-order valence-corrected chi connectivity index (χ3v) is 3.00. The highest BCUT2D eigenvalue weighted by atomic mass is 19.4. The molecule has 1 aliphatic rings. The number of hydrogen-bond acceptors (Lipinski definition) is 3. The highest BCUT2D eigenvalue weighted by Gasteiger charge is 2.63. The Balaban J connectivity index is 2.30. The van der Waals surface area contributed by atoms with E-state index in [1.165, 1.54) is 18.2 Å². The number of rotatable bonds is 3. The van der Waals surface area contributed by atoms with Gasteiger partial charge in [-0.3, -0.25) is 4.79 Å². The van der Waals surface area contributed by atoms with Crippen molar-refractivity contribution in [1.29, 1.82) is 0 Å². The van der Waals surface area contributed by atoms with Gasteiger partial charge in [-0.15, -0.1) is 0 Å². The van der Waals surface area contributed by atoms with Gasteiger partial charge in [0.2, 0.25) is 5.91 Å². The van der Waals surface area contributed by atoms with E-state index in [9.17, 15) is 18.0 Å². The zero-order valence-corrected chi connectivity index (χ0v) is 9.34. The Morgan fingerprint density at radius 1 is 1.33 bits per heavy atom. The third kappa shape index (κ3) is 2.07. The van der Waals surface area contributed by atoms with Crippen molar-refractivity contribution < 1.29 is 18.0 Å². The summed E-state index contributed by atoms with van der Waals surface area (Å²) in [5, 5.41) is 2.38. The van der Waals surface area contributed by atoms with Gasteiger partial charge in [0.1, 0.15) is 5.54 Å². The van der Waals surface area contributed by atoms with Crippen LogP contribution in [-0.4, -0.2) is 17.6 Å². The van der Waals surface area contributed by atoms with Crippen molar-refractivity contribution >= 4 is 17.3 Å². The normalized spacial score (nSPS) is 17.3. The van der Waals surface area contributed by atoms with Gasteiger partial charge in [-0.1, -0.05) is 0 Å². The molecule has 0 aliphatic heterocycles. The molecule has 4 nitrogen and oxygen atoms in total. The van der Waals surface area contributed by atoms with Crippen LogP contribution in [0.2, 0.25) is 0 Å². The van der Waals surface area contributed by atoms with E-state index in [0.29, 0.717) is 0 Å². The number of alkyl halides is 3. The lowest BCUT2D eigenvalue weighted by Crippen LogP contribution is -2.38. The van der Waals surface area contributed by atoms with E-state index in [1.807, 2.05) is 0 Å². The molecule has 0 unspecified atom stereocenters. The average molecular weight is 259 g/mol. The van der Waals surface area contributed by atoms with Gasteiger partial charge in [-0.2, -0.15) is 13.2 Å². The number of carbonyl (C=O) groups is 1. The summed E-state index contributed by atoms with van der Waals surface area (Å²) in [4.78, 5) is 11.0. The Morgan fingerprint density at radius 3 is 2.39 bits per heavy atom. The molecule has 0 aromatic heterocycles.